The van der Waals surface area contributed by atoms with Crippen molar-refractivity contribution in [3.8, 4) is 0 Å². The number of aliphatic imine (C=N–C) groups is 1. The van der Waals surface area contributed by atoms with E-state index < -0.39 is 39.8 Å². The lowest BCUT2D eigenvalue weighted by Crippen LogP contribution is -2.12. The first-order valence-corrected chi connectivity index (χ1v) is 7.23. The lowest BCUT2D eigenvalue weighted by Gasteiger charge is -2.19. The molecule has 8 heteroatoms. The molecule has 1 aliphatic rings. The number of hydrogen-bond acceptors (Lipinski definition) is 1. The molecule has 0 N–H and O–H groups in total. The van der Waals surface area contributed by atoms with E-state index in [2.05, 4.69) is 4.99 Å². The Bertz CT molecular complexity index is 739. The maximum absolute atomic E-state index is 13.7. The van der Waals surface area contributed by atoms with Gasteiger partial charge >= 0.3 is 0 Å². The molecule has 0 radical (unpaired) electrons. The zero-order valence-electron chi connectivity index (χ0n) is 12.0. The van der Waals surface area contributed by atoms with Gasteiger partial charge in [0.1, 0.15) is 5.17 Å². The zero-order chi connectivity index (χ0) is 17.5. The van der Waals surface area contributed by atoms with Crippen molar-refractivity contribution in [3.05, 3.63) is 57.0 Å². The fourth-order valence-electron chi connectivity index (χ4n) is 2.28. The van der Waals surface area contributed by atoms with Crippen LogP contribution in [0.1, 0.15) is 25.8 Å². The third-order valence-electron chi connectivity index (χ3n) is 3.35. The number of nitrogens with zero attached hydrogens (tertiary/aromatic N) is 1. The number of hydrogen-bond donors (Lipinski definition) is 0. The van der Waals surface area contributed by atoms with E-state index in [0.29, 0.717) is 6.42 Å². The molecule has 0 aliphatic heterocycles. The topological polar surface area (TPSA) is 12.4 Å². The van der Waals surface area contributed by atoms with Crippen LogP contribution in [0.2, 0.25) is 0 Å². The van der Waals surface area contributed by atoms with Crippen molar-refractivity contribution < 1.29 is 22.0 Å². The van der Waals surface area contributed by atoms with Gasteiger partial charge in [-0.1, -0.05) is 35.7 Å². The Morgan fingerprint density at radius 2 is 1.52 bits per heavy atom. The zero-order valence-corrected chi connectivity index (χ0v) is 13.5. The summed E-state index contributed by atoms with van der Waals surface area (Å²) in [5.74, 6) is -10.7. The predicted octanol–water partition coefficient (Wildman–Crippen LogP) is 5.80. The Morgan fingerprint density at radius 1 is 1.04 bits per heavy atom. The van der Waals surface area contributed by atoms with Gasteiger partial charge in [0.25, 0.3) is 0 Å². The molecule has 1 unspecified atom stereocenters. The second-order valence-corrected chi connectivity index (χ2v) is 5.94. The second kappa shape index (κ2) is 6.61. The van der Waals surface area contributed by atoms with E-state index in [-0.39, 0.29) is 16.6 Å². The maximum Gasteiger partial charge on any atom is 0.200 e. The van der Waals surface area contributed by atoms with Crippen LogP contribution in [0.3, 0.4) is 0 Å². The smallest absolute Gasteiger partial charge is 0.200 e. The van der Waals surface area contributed by atoms with E-state index in [1.54, 1.807) is 13.0 Å². The van der Waals surface area contributed by atoms with Crippen LogP contribution < -0.4 is 0 Å². The molecule has 0 saturated carbocycles. The highest BCUT2D eigenvalue weighted by Gasteiger charge is 2.28. The van der Waals surface area contributed by atoms with Gasteiger partial charge in [-0.3, -0.25) is 0 Å². The largest absolute Gasteiger partial charge is 0.238 e. The van der Waals surface area contributed by atoms with Crippen molar-refractivity contribution >= 4 is 28.4 Å². The van der Waals surface area contributed by atoms with Crippen molar-refractivity contribution in [1.82, 2.24) is 0 Å². The minimum absolute atomic E-state index is 0.197. The Kier molecular flexibility index (Phi) is 5.16. The highest BCUT2D eigenvalue weighted by molar-refractivity contribution is 6.69. The molecule has 1 aliphatic carbocycles. The lowest BCUT2D eigenvalue weighted by molar-refractivity contribution is 0.377. The van der Waals surface area contributed by atoms with Crippen LogP contribution in [-0.4, -0.2) is 5.17 Å². The summed E-state index contributed by atoms with van der Waals surface area (Å²) in [6.45, 7) is 3.59. The third kappa shape index (κ3) is 3.28. The molecule has 0 spiro atoms. The van der Waals surface area contributed by atoms with Crippen molar-refractivity contribution in [2.75, 3.05) is 0 Å². The van der Waals surface area contributed by atoms with E-state index in [0.717, 1.165) is 5.57 Å². The number of benzene rings is 1. The standard InChI is InChI=1S/C15H10Cl2F5N/c1-5-3-6(2)14(7(16)4-5)23-15(17)8-9(18)11(20)13(22)12(21)10(8)19/h4,6H,3H2,1-2H3. The van der Waals surface area contributed by atoms with E-state index in [9.17, 15) is 22.0 Å². The summed E-state index contributed by atoms with van der Waals surface area (Å²) in [7, 11) is 0. The van der Waals surface area contributed by atoms with Gasteiger partial charge in [0.2, 0.25) is 5.82 Å². The summed E-state index contributed by atoms with van der Waals surface area (Å²) in [6.07, 6.45) is 2.18. The summed E-state index contributed by atoms with van der Waals surface area (Å²) in [4.78, 5) is 3.79. The van der Waals surface area contributed by atoms with Crippen LogP contribution in [-0.2, 0) is 0 Å². The first-order chi connectivity index (χ1) is 10.6. The van der Waals surface area contributed by atoms with Gasteiger partial charge < -0.3 is 0 Å². The van der Waals surface area contributed by atoms with Crippen LogP contribution >= 0.6 is 23.2 Å². The number of allylic oxidation sites excluding steroid dienone is 4. The van der Waals surface area contributed by atoms with Gasteiger partial charge in [0.15, 0.2) is 23.3 Å². The van der Waals surface area contributed by atoms with E-state index in [4.69, 9.17) is 23.2 Å². The van der Waals surface area contributed by atoms with Crippen molar-refractivity contribution in [2.45, 2.75) is 20.3 Å². The van der Waals surface area contributed by atoms with Gasteiger partial charge in [0.05, 0.1) is 16.3 Å². The Balaban J connectivity index is 2.62. The van der Waals surface area contributed by atoms with Crippen LogP contribution in [0.25, 0.3) is 0 Å². The molecular formula is C15H10Cl2F5N. The summed E-state index contributed by atoms with van der Waals surface area (Å²) in [5, 5.41) is -0.658. The van der Waals surface area contributed by atoms with Crippen LogP contribution in [0.4, 0.5) is 22.0 Å². The van der Waals surface area contributed by atoms with Gasteiger partial charge in [-0.15, -0.1) is 0 Å². The monoisotopic (exact) mass is 369 g/mol. The maximum atomic E-state index is 13.7. The third-order valence-corrected chi connectivity index (χ3v) is 3.92. The molecule has 0 fully saturated rings. The summed E-state index contributed by atoms with van der Waals surface area (Å²) >= 11 is 11.7. The molecule has 1 nitrogen and oxygen atoms in total. The van der Waals surface area contributed by atoms with E-state index >= 15 is 0 Å². The molecule has 0 saturated heterocycles. The Labute approximate surface area is 139 Å². The van der Waals surface area contributed by atoms with Gasteiger partial charge in [0, 0.05) is 5.92 Å². The molecule has 0 heterocycles. The SMILES string of the molecule is CC1=CC(Cl)=C(N=C(Cl)c2c(F)c(F)c(F)c(F)c2F)C(C)C1. The normalized spacial score (nSPS) is 19.3. The molecule has 0 amide bonds. The molecule has 124 valence electrons. The molecule has 23 heavy (non-hydrogen) atoms. The molecule has 1 atom stereocenters. The molecule has 2 rings (SSSR count). The molecule has 1 aromatic rings. The Hall–Kier alpha value is -1.40. The highest BCUT2D eigenvalue weighted by atomic mass is 35.5. The average molecular weight is 370 g/mol. The van der Waals surface area contributed by atoms with Gasteiger partial charge in [-0.2, -0.15) is 0 Å². The predicted molar refractivity (Wildman–Crippen MR) is 79.0 cm³/mol. The van der Waals surface area contributed by atoms with Crippen LogP contribution in [0.15, 0.2) is 27.4 Å². The molecule has 1 aromatic carbocycles. The van der Waals surface area contributed by atoms with E-state index in [1.807, 2.05) is 6.92 Å². The first-order valence-electron chi connectivity index (χ1n) is 6.48. The summed E-state index contributed by atoms with van der Waals surface area (Å²) in [5.41, 5.74) is -0.0986. The van der Waals surface area contributed by atoms with Crippen LogP contribution in [0, 0.1) is 35.0 Å². The summed E-state index contributed by atoms with van der Waals surface area (Å²) in [6, 6.07) is 0. The first kappa shape index (κ1) is 17.9. The molecule has 0 aromatic heterocycles. The Morgan fingerprint density at radius 3 is 2.00 bits per heavy atom. The van der Waals surface area contributed by atoms with E-state index in [1.165, 1.54) is 0 Å². The minimum Gasteiger partial charge on any atom is -0.238 e. The lowest BCUT2D eigenvalue weighted by atomic mass is 9.94. The van der Waals surface area contributed by atoms with Crippen molar-refractivity contribution in [2.24, 2.45) is 10.9 Å². The number of halogens is 7. The van der Waals surface area contributed by atoms with Gasteiger partial charge in [-0.25, -0.2) is 26.9 Å². The fourth-order valence-corrected chi connectivity index (χ4v) is 2.95. The quantitative estimate of drug-likeness (QED) is 0.270. The van der Waals surface area contributed by atoms with Crippen molar-refractivity contribution in [1.29, 1.82) is 0 Å². The molecule has 0 bridgehead atoms. The second-order valence-electron chi connectivity index (χ2n) is 5.18. The number of rotatable bonds is 2. The summed E-state index contributed by atoms with van der Waals surface area (Å²) < 4.78 is 66.9. The minimum atomic E-state index is -2.25. The average Bonchev–Trinajstić information content (AvgIpc) is 2.47. The van der Waals surface area contributed by atoms with Gasteiger partial charge in [-0.05, 0) is 19.4 Å². The highest BCUT2D eigenvalue weighted by Crippen LogP contribution is 2.33. The molecular weight excluding hydrogens is 360 g/mol. The fraction of sp³-hybridized carbons (Fsp3) is 0.267. The van der Waals surface area contributed by atoms with Crippen molar-refractivity contribution in [3.63, 3.8) is 0 Å². The van der Waals surface area contributed by atoms with Crippen LogP contribution in [0.5, 0.6) is 0 Å².